The van der Waals surface area contributed by atoms with Gasteiger partial charge in [-0.3, -0.25) is 4.79 Å². The van der Waals surface area contributed by atoms with E-state index in [1.165, 1.54) is 0 Å². The van der Waals surface area contributed by atoms with Crippen molar-refractivity contribution in [2.75, 3.05) is 60.2 Å². The lowest BCUT2D eigenvalue weighted by Gasteiger charge is -2.37. The summed E-state index contributed by atoms with van der Waals surface area (Å²) in [5, 5.41) is 3.47. The van der Waals surface area contributed by atoms with E-state index in [1.54, 1.807) is 20.3 Å². The van der Waals surface area contributed by atoms with Crippen LogP contribution in [-0.2, 0) is 9.47 Å². The van der Waals surface area contributed by atoms with Gasteiger partial charge in [-0.1, -0.05) is 11.6 Å². The Kier molecular flexibility index (Phi) is 9.07. The van der Waals surface area contributed by atoms with Crippen LogP contribution in [-0.4, -0.2) is 77.1 Å². The molecular weight excluding hydrogens is 476 g/mol. The summed E-state index contributed by atoms with van der Waals surface area (Å²) in [6, 6.07) is 1.63. The number of halogens is 2. The van der Waals surface area contributed by atoms with Gasteiger partial charge in [0.05, 0.1) is 34.4 Å². The summed E-state index contributed by atoms with van der Waals surface area (Å²) in [7, 11) is 3.46. The molecule has 9 heteroatoms. The second-order valence-electron chi connectivity index (χ2n) is 7.61. The Labute approximate surface area is 191 Å². The van der Waals surface area contributed by atoms with E-state index in [0.717, 1.165) is 45.5 Å². The maximum absolute atomic E-state index is 13.0. The molecule has 2 aliphatic heterocycles. The Morgan fingerprint density at radius 1 is 1.33 bits per heavy atom. The van der Waals surface area contributed by atoms with Crippen LogP contribution in [0.1, 0.15) is 29.6 Å². The van der Waals surface area contributed by atoms with Gasteiger partial charge in [0.2, 0.25) is 0 Å². The van der Waals surface area contributed by atoms with Gasteiger partial charge in [0, 0.05) is 52.8 Å². The fourth-order valence-electron chi connectivity index (χ4n) is 3.92. The number of methoxy groups -OCH3 is 2. The van der Waals surface area contributed by atoms with Gasteiger partial charge in [-0.2, -0.15) is 0 Å². The van der Waals surface area contributed by atoms with Crippen LogP contribution in [0.3, 0.4) is 0 Å². The zero-order valence-electron chi connectivity index (χ0n) is 17.5. The Morgan fingerprint density at radius 2 is 2.10 bits per heavy atom. The number of fused-ring (bicyclic) bond motifs is 1. The van der Waals surface area contributed by atoms with E-state index in [1.807, 2.05) is 0 Å². The molecule has 3 rings (SSSR count). The van der Waals surface area contributed by atoms with Crippen molar-refractivity contribution in [1.82, 2.24) is 10.2 Å². The molecule has 0 aliphatic carbocycles. The van der Waals surface area contributed by atoms with Gasteiger partial charge in [-0.05, 0) is 41.4 Å². The summed E-state index contributed by atoms with van der Waals surface area (Å²) in [6.07, 6.45) is 2.79. The first-order valence-corrected chi connectivity index (χ1v) is 11.5. The summed E-state index contributed by atoms with van der Waals surface area (Å²) in [6.45, 7) is 5.15. The molecule has 168 valence electrons. The highest BCUT2D eigenvalue weighted by atomic mass is 79.9. The standard InChI is InChI=1S/C21H30BrClN2O5/c1-27-8-3-6-25-7-5-14(17(13-25)28-2)12-24-21(26)15-11-16(23)18(22)20-19(15)29-9-4-10-30-20/h11,14,17H,3-10,12-13H2,1-2H3,(H,24,26)/t14-,17+/m0/s1. The number of likely N-dealkylation sites (tertiary alicyclic amines) is 1. The Hall–Kier alpha value is -1.06. The molecule has 2 aliphatic rings. The number of benzene rings is 1. The van der Waals surface area contributed by atoms with Crippen molar-refractivity contribution in [2.24, 2.45) is 5.92 Å². The lowest BCUT2D eigenvalue weighted by Crippen LogP contribution is -2.48. The van der Waals surface area contributed by atoms with Crippen molar-refractivity contribution in [3.8, 4) is 11.5 Å². The second kappa shape index (κ2) is 11.5. The van der Waals surface area contributed by atoms with Crippen LogP contribution in [0.15, 0.2) is 10.5 Å². The second-order valence-corrected chi connectivity index (χ2v) is 8.81. The summed E-state index contributed by atoms with van der Waals surface area (Å²) >= 11 is 9.75. The van der Waals surface area contributed by atoms with Crippen molar-refractivity contribution in [3.63, 3.8) is 0 Å². The number of nitrogens with zero attached hydrogens (tertiary/aromatic N) is 1. The molecule has 1 aromatic rings. The van der Waals surface area contributed by atoms with Crippen LogP contribution in [0.2, 0.25) is 5.02 Å². The topological polar surface area (TPSA) is 69.3 Å². The monoisotopic (exact) mass is 504 g/mol. The van der Waals surface area contributed by atoms with Crippen LogP contribution in [0.4, 0.5) is 0 Å². The minimum atomic E-state index is -0.219. The number of carbonyl (C=O) groups excluding carboxylic acids is 1. The van der Waals surface area contributed by atoms with Crippen LogP contribution in [0.25, 0.3) is 0 Å². The molecule has 1 fully saturated rings. The van der Waals surface area contributed by atoms with Crippen LogP contribution in [0.5, 0.6) is 11.5 Å². The molecule has 1 saturated heterocycles. The molecule has 0 saturated carbocycles. The molecular formula is C21H30BrClN2O5. The van der Waals surface area contributed by atoms with Gasteiger partial charge < -0.3 is 29.2 Å². The molecule has 1 amide bonds. The molecule has 1 N–H and O–H groups in total. The third-order valence-electron chi connectivity index (χ3n) is 5.59. The van der Waals surface area contributed by atoms with Crippen LogP contribution >= 0.6 is 27.5 Å². The summed E-state index contributed by atoms with van der Waals surface area (Å²) in [5.41, 5.74) is 0.395. The number of amides is 1. The van der Waals surface area contributed by atoms with Gasteiger partial charge in [0.25, 0.3) is 5.91 Å². The Bertz CT molecular complexity index is 736. The molecule has 1 aromatic carbocycles. The molecule has 7 nitrogen and oxygen atoms in total. The SMILES string of the molecule is COCCCN1CC[C@@H](CNC(=O)c2cc(Cl)c(Br)c3c2OCCCO3)[C@H](OC)C1. The highest BCUT2D eigenvalue weighted by molar-refractivity contribution is 9.10. The van der Waals surface area contributed by atoms with Gasteiger partial charge in [0.15, 0.2) is 11.5 Å². The maximum Gasteiger partial charge on any atom is 0.255 e. The maximum atomic E-state index is 13.0. The molecule has 2 atom stereocenters. The van der Waals surface area contributed by atoms with E-state index in [4.69, 9.17) is 30.5 Å². The van der Waals surface area contributed by atoms with Gasteiger partial charge in [-0.25, -0.2) is 0 Å². The summed E-state index contributed by atoms with van der Waals surface area (Å²) in [5.74, 6) is 0.963. The average Bonchev–Trinajstić information content (AvgIpc) is 3.01. The fourth-order valence-corrected chi connectivity index (χ4v) is 4.52. The van der Waals surface area contributed by atoms with Crippen LogP contribution in [0, 0.1) is 5.92 Å². The zero-order chi connectivity index (χ0) is 21.5. The number of nitrogens with one attached hydrogen (secondary N) is 1. The van der Waals surface area contributed by atoms with Gasteiger partial charge in [0.1, 0.15) is 0 Å². The van der Waals surface area contributed by atoms with E-state index in [0.29, 0.717) is 46.3 Å². The Morgan fingerprint density at radius 3 is 2.83 bits per heavy atom. The van der Waals surface area contributed by atoms with Crippen molar-refractivity contribution >= 4 is 33.4 Å². The van der Waals surface area contributed by atoms with Crippen molar-refractivity contribution in [1.29, 1.82) is 0 Å². The van der Waals surface area contributed by atoms with E-state index in [2.05, 4.69) is 26.1 Å². The largest absolute Gasteiger partial charge is 0.489 e. The number of piperidine rings is 1. The van der Waals surface area contributed by atoms with E-state index in [-0.39, 0.29) is 17.9 Å². The van der Waals surface area contributed by atoms with Crippen molar-refractivity contribution in [3.05, 3.63) is 21.1 Å². The number of hydrogen-bond acceptors (Lipinski definition) is 6. The van der Waals surface area contributed by atoms with Gasteiger partial charge in [-0.15, -0.1) is 0 Å². The minimum Gasteiger partial charge on any atom is -0.489 e. The zero-order valence-corrected chi connectivity index (χ0v) is 19.9. The number of carbonyl (C=O) groups is 1. The quantitative estimate of drug-likeness (QED) is 0.547. The highest BCUT2D eigenvalue weighted by Gasteiger charge is 2.30. The predicted octanol–water partition coefficient (Wildman–Crippen LogP) is 3.37. The number of rotatable bonds is 8. The Balaban J connectivity index is 1.62. The van der Waals surface area contributed by atoms with E-state index in [9.17, 15) is 4.79 Å². The summed E-state index contributed by atoms with van der Waals surface area (Å²) in [4.78, 5) is 15.4. The van der Waals surface area contributed by atoms with Crippen LogP contribution < -0.4 is 14.8 Å². The van der Waals surface area contributed by atoms with E-state index < -0.39 is 0 Å². The molecule has 0 radical (unpaired) electrons. The molecule has 0 bridgehead atoms. The fraction of sp³-hybridized carbons (Fsp3) is 0.667. The minimum absolute atomic E-state index is 0.0757. The van der Waals surface area contributed by atoms with E-state index >= 15 is 0 Å². The first-order chi connectivity index (χ1) is 14.5. The number of ether oxygens (including phenoxy) is 4. The summed E-state index contributed by atoms with van der Waals surface area (Å²) < 4.78 is 23.1. The first kappa shape index (κ1) is 23.6. The molecule has 30 heavy (non-hydrogen) atoms. The molecule has 2 heterocycles. The lowest BCUT2D eigenvalue weighted by molar-refractivity contribution is -0.0121. The number of hydrogen-bond donors (Lipinski definition) is 1. The smallest absolute Gasteiger partial charge is 0.255 e. The molecule has 0 aromatic heterocycles. The predicted molar refractivity (Wildman–Crippen MR) is 119 cm³/mol. The van der Waals surface area contributed by atoms with Gasteiger partial charge >= 0.3 is 0 Å². The lowest BCUT2D eigenvalue weighted by atomic mass is 9.93. The molecule has 0 unspecified atom stereocenters. The van der Waals surface area contributed by atoms with Crippen molar-refractivity contribution < 1.29 is 23.7 Å². The first-order valence-electron chi connectivity index (χ1n) is 10.3. The molecule has 0 spiro atoms. The third kappa shape index (κ3) is 5.79. The van der Waals surface area contributed by atoms with Crippen molar-refractivity contribution in [2.45, 2.75) is 25.4 Å². The normalized spacial score (nSPS) is 21.9. The highest BCUT2D eigenvalue weighted by Crippen LogP contribution is 2.44. The average molecular weight is 506 g/mol. The third-order valence-corrected chi connectivity index (χ3v) is 6.90.